The highest BCUT2D eigenvalue weighted by Crippen LogP contribution is 2.27. The summed E-state index contributed by atoms with van der Waals surface area (Å²) >= 11 is 0. The molecule has 0 saturated carbocycles. The Morgan fingerprint density at radius 1 is 1.38 bits per heavy atom. The molecule has 2 rings (SSSR count). The van der Waals surface area contributed by atoms with Gasteiger partial charge in [0, 0.05) is 12.1 Å². The molecule has 7 heteroatoms. The van der Waals surface area contributed by atoms with E-state index in [2.05, 4.69) is 5.32 Å². The van der Waals surface area contributed by atoms with Crippen molar-refractivity contribution in [1.82, 2.24) is 5.32 Å². The van der Waals surface area contributed by atoms with Gasteiger partial charge in [-0.3, -0.25) is 0 Å². The molecule has 0 aromatic heterocycles. The van der Waals surface area contributed by atoms with E-state index in [4.69, 9.17) is 9.47 Å². The fourth-order valence-corrected chi connectivity index (χ4v) is 3.93. The van der Waals surface area contributed by atoms with Crippen LogP contribution in [0.25, 0.3) is 0 Å². The van der Waals surface area contributed by atoms with Crippen LogP contribution < -0.4 is 14.8 Å². The van der Waals surface area contributed by atoms with E-state index in [-0.39, 0.29) is 11.5 Å². The molecule has 118 valence electrons. The van der Waals surface area contributed by atoms with Gasteiger partial charge in [0.15, 0.2) is 9.84 Å². The first-order valence-electron chi connectivity index (χ1n) is 6.88. The molecule has 2 atom stereocenters. The maximum atomic E-state index is 11.5. The van der Waals surface area contributed by atoms with E-state index >= 15 is 0 Å². The lowest BCUT2D eigenvalue weighted by Crippen LogP contribution is -2.30. The number of ether oxygens (including phenoxy) is 2. The average molecular weight is 315 g/mol. The van der Waals surface area contributed by atoms with Crippen LogP contribution in [0.3, 0.4) is 0 Å². The summed E-state index contributed by atoms with van der Waals surface area (Å²) in [4.78, 5) is 0. The fourth-order valence-electron chi connectivity index (χ4n) is 2.27. The van der Waals surface area contributed by atoms with E-state index in [1.807, 2.05) is 13.0 Å². The summed E-state index contributed by atoms with van der Waals surface area (Å²) in [5.41, 5.74) is 0.868. The number of aliphatic hydroxyl groups excluding tert-OH is 1. The normalized spacial score (nSPS) is 24.0. The van der Waals surface area contributed by atoms with Crippen molar-refractivity contribution in [2.45, 2.75) is 25.7 Å². The summed E-state index contributed by atoms with van der Waals surface area (Å²) in [6.07, 6.45) is -1.70. The number of aliphatic hydroxyl groups is 1. The van der Waals surface area contributed by atoms with Crippen LogP contribution in [0.2, 0.25) is 0 Å². The second-order valence-corrected chi connectivity index (χ2v) is 7.21. The van der Waals surface area contributed by atoms with Crippen LogP contribution in [0.4, 0.5) is 0 Å². The Kier molecular flexibility index (Phi) is 5.08. The summed E-state index contributed by atoms with van der Waals surface area (Å²) in [5.74, 6) is 0.879. The highest BCUT2D eigenvalue weighted by molar-refractivity contribution is 7.91. The fraction of sp³-hybridized carbons (Fsp3) is 0.571. The first kappa shape index (κ1) is 16.1. The molecule has 6 nitrogen and oxygen atoms in total. The van der Waals surface area contributed by atoms with E-state index in [9.17, 15) is 13.5 Å². The molecular formula is C14H21NO5S. The van der Waals surface area contributed by atoms with Crippen molar-refractivity contribution in [2.75, 3.05) is 25.2 Å². The summed E-state index contributed by atoms with van der Waals surface area (Å²) in [6, 6.07) is 5.33. The molecule has 0 radical (unpaired) electrons. The molecule has 1 heterocycles. The van der Waals surface area contributed by atoms with Gasteiger partial charge in [0.05, 0.1) is 18.6 Å². The number of rotatable bonds is 6. The Morgan fingerprint density at radius 3 is 2.71 bits per heavy atom. The van der Waals surface area contributed by atoms with Crippen LogP contribution in [0, 0.1) is 0 Å². The molecular weight excluding hydrogens is 294 g/mol. The van der Waals surface area contributed by atoms with Crippen LogP contribution in [0.5, 0.6) is 11.5 Å². The molecule has 0 amide bonds. The largest absolute Gasteiger partial charge is 0.497 e. The summed E-state index contributed by atoms with van der Waals surface area (Å²) in [7, 11) is -1.64. The molecule has 2 unspecified atom stereocenters. The second-order valence-electron chi connectivity index (χ2n) is 5.05. The van der Waals surface area contributed by atoms with Gasteiger partial charge in [-0.15, -0.1) is 0 Å². The predicted molar refractivity (Wildman–Crippen MR) is 79.5 cm³/mol. The number of hydrogen-bond acceptors (Lipinski definition) is 6. The Labute approximate surface area is 125 Å². The highest BCUT2D eigenvalue weighted by atomic mass is 32.2. The summed E-state index contributed by atoms with van der Waals surface area (Å²) < 4.78 is 34.0. The summed E-state index contributed by atoms with van der Waals surface area (Å²) in [6.45, 7) is 3.38. The molecule has 21 heavy (non-hydrogen) atoms. The van der Waals surface area contributed by atoms with Crippen LogP contribution >= 0.6 is 0 Å². The highest BCUT2D eigenvalue weighted by Gasteiger charge is 2.38. The third-order valence-electron chi connectivity index (χ3n) is 3.38. The molecule has 1 aromatic rings. The van der Waals surface area contributed by atoms with Crippen molar-refractivity contribution in [3.8, 4) is 11.5 Å². The lowest BCUT2D eigenvalue weighted by atomic mass is 10.1. The lowest BCUT2D eigenvalue weighted by Gasteiger charge is -2.19. The molecule has 1 fully saturated rings. The Hall–Kier alpha value is -1.31. The maximum absolute atomic E-state index is 11.5. The molecule has 0 spiro atoms. The average Bonchev–Trinajstić information content (AvgIpc) is 2.70. The molecule has 0 bridgehead atoms. The van der Waals surface area contributed by atoms with Crippen molar-refractivity contribution in [3.63, 3.8) is 0 Å². The van der Waals surface area contributed by atoms with Crippen molar-refractivity contribution < 1.29 is 23.0 Å². The zero-order valence-electron chi connectivity index (χ0n) is 12.2. The monoisotopic (exact) mass is 315 g/mol. The number of sulfone groups is 1. The van der Waals surface area contributed by atoms with Gasteiger partial charge in [0.2, 0.25) is 0 Å². The van der Waals surface area contributed by atoms with Gasteiger partial charge in [-0.25, -0.2) is 8.42 Å². The molecule has 1 aromatic carbocycles. The standard InChI is InChI=1S/C14H21NO5S/c1-3-15-7-10-6-11(19-2)4-5-13(10)20-14-9-21(17,18)8-12(14)16/h4-6,12,14-16H,3,7-9H2,1-2H3. The van der Waals surface area contributed by atoms with E-state index in [1.54, 1.807) is 19.2 Å². The third-order valence-corrected chi connectivity index (χ3v) is 5.07. The molecule has 0 aliphatic carbocycles. The zero-order chi connectivity index (χ0) is 15.5. The van der Waals surface area contributed by atoms with Gasteiger partial charge in [-0.1, -0.05) is 6.92 Å². The third kappa shape index (κ3) is 4.09. The smallest absolute Gasteiger partial charge is 0.156 e. The van der Waals surface area contributed by atoms with Gasteiger partial charge >= 0.3 is 0 Å². The van der Waals surface area contributed by atoms with E-state index in [0.717, 1.165) is 12.1 Å². The van der Waals surface area contributed by atoms with Gasteiger partial charge in [0.25, 0.3) is 0 Å². The van der Waals surface area contributed by atoms with Gasteiger partial charge in [-0.05, 0) is 24.7 Å². The molecule has 1 aliphatic heterocycles. The van der Waals surface area contributed by atoms with Gasteiger partial charge < -0.3 is 19.9 Å². The number of nitrogens with one attached hydrogen (secondary N) is 1. The maximum Gasteiger partial charge on any atom is 0.156 e. The van der Waals surface area contributed by atoms with E-state index in [1.165, 1.54) is 0 Å². The van der Waals surface area contributed by atoms with Crippen LogP contribution in [0.15, 0.2) is 18.2 Å². The molecule has 1 saturated heterocycles. The summed E-state index contributed by atoms with van der Waals surface area (Å²) in [5, 5.41) is 13.0. The SMILES string of the molecule is CCNCc1cc(OC)ccc1OC1CS(=O)(=O)CC1O. The van der Waals surface area contributed by atoms with Gasteiger partial charge in [0.1, 0.15) is 23.7 Å². The van der Waals surface area contributed by atoms with Crippen molar-refractivity contribution in [2.24, 2.45) is 0 Å². The Morgan fingerprint density at radius 2 is 2.14 bits per heavy atom. The minimum absolute atomic E-state index is 0.152. The van der Waals surface area contributed by atoms with Gasteiger partial charge in [-0.2, -0.15) is 0 Å². The number of benzene rings is 1. The topological polar surface area (TPSA) is 84.9 Å². The first-order chi connectivity index (χ1) is 9.95. The zero-order valence-corrected chi connectivity index (χ0v) is 13.0. The van der Waals surface area contributed by atoms with Crippen LogP contribution in [-0.4, -0.2) is 50.9 Å². The molecule has 2 N–H and O–H groups in total. The quantitative estimate of drug-likeness (QED) is 0.787. The van der Waals surface area contributed by atoms with E-state index < -0.39 is 22.0 Å². The lowest BCUT2D eigenvalue weighted by molar-refractivity contribution is 0.0730. The first-order valence-corrected chi connectivity index (χ1v) is 8.70. The second kappa shape index (κ2) is 6.64. The minimum Gasteiger partial charge on any atom is -0.497 e. The Bertz CT molecular complexity index is 587. The van der Waals surface area contributed by atoms with Crippen molar-refractivity contribution in [3.05, 3.63) is 23.8 Å². The van der Waals surface area contributed by atoms with Crippen molar-refractivity contribution in [1.29, 1.82) is 0 Å². The predicted octanol–water partition coefficient (Wildman–Crippen LogP) is 0.341. The van der Waals surface area contributed by atoms with Crippen LogP contribution in [-0.2, 0) is 16.4 Å². The van der Waals surface area contributed by atoms with Crippen LogP contribution in [0.1, 0.15) is 12.5 Å². The molecule has 1 aliphatic rings. The van der Waals surface area contributed by atoms with E-state index in [0.29, 0.717) is 18.0 Å². The minimum atomic E-state index is -3.22. The van der Waals surface area contributed by atoms with Crippen molar-refractivity contribution >= 4 is 9.84 Å². The number of methoxy groups -OCH3 is 1. The number of hydrogen-bond donors (Lipinski definition) is 2. The Balaban J connectivity index is 2.18.